The second-order valence-corrected chi connectivity index (χ2v) is 15.8. The molecule has 0 atom stereocenters. The molecule has 0 unspecified atom stereocenters. The van der Waals surface area contributed by atoms with Crippen molar-refractivity contribution in [3.8, 4) is 21.5 Å². The van der Waals surface area contributed by atoms with Crippen molar-refractivity contribution in [2.24, 2.45) is 11.8 Å². The van der Waals surface area contributed by atoms with Crippen LogP contribution in [0.3, 0.4) is 0 Å². The first-order chi connectivity index (χ1) is 23.0. The zero-order valence-corrected chi connectivity index (χ0v) is 34.0. The van der Waals surface area contributed by atoms with E-state index in [1.54, 1.807) is 0 Å². The van der Waals surface area contributed by atoms with Gasteiger partial charge in [-0.15, -0.1) is 0 Å². The topological polar surface area (TPSA) is 63.3 Å². The average molecular weight is 898 g/mol. The Hall–Kier alpha value is -3.27. The molecule has 6 rings (SSSR count). The monoisotopic (exact) mass is 899 g/mol. The fourth-order valence-corrected chi connectivity index (χ4v) is 8.87. The molecule has 259 valence electrons. The molecule has 3 heterocycles. The Kier molecular flexibility index (Phi) is 13.1. The number of carbonyl (C=O) groups excluding carboxylic acids is 1. The SMILES string of the molecule is CCC(CC)C(=O)/C=C(\O)C(CC)CC.Cc1c(-c2cc3ccnc(-c4[c-]c5ccccc5c(C(C)(C)C)c4)c3o2)[se]c2ccccc12.[Ir]. The van der Waals surface area contributed by atoms with Crippen molar-refractivity contribution >= 4 is 51.7 Å². The molecule has 0 fully saturated rings. The van der Waals surface area contributed by atoms with Gasteiger partial charge in [-0.1, -0.05) is 27.7 Å². The van der Waals surface area contributed by atoms with Gasteiger partial charge in [0.25, 0.3) is 0 Å². The van der Waals surface area contributed by atoms with Crippen LogP contribution in [0, 0.1) is 24.8 Å². The fourth-order valence-electron chi connectivity index (χ4n) is 6.44. The zero-order chi connectivity index (χ0) is 34.6. The van der Waals surface area contributed by atoms with Crippen LogP contribution < -0.4 is 0 Å². The quantitative estimate of drug-likeness (QED) is 0.0680. The van der Waals surface area contributed by atoms with Crippen LogP contribution in [0.1, 0.15) is 85.3 Å². The number of fused-ring (bicyclic) bond motifs is 3. The van der Waals surface area contributed by atoms with Crippen molar-refractivity contribution in [2.75, 3.05) is 0 Å². The largest absolute Gasteiger partial charge is 0 e. The summed E-state index contributed by atoms with van der Waals surface area (Å²) in [5, 5.41) is 14.5. The molecule has 0 saturated carbocycles. The first kappa shape index (κ1) is 38.5. The third kappa shape index (κ3) is 8.38. The van der Waals surface area contributed by atoms with Gasteiger partial charge in [-0.2, -0.15) is 0 Å². The summed E-state index contributed by atoms with van der Waals surface area (Å²) >= 11 is 0.247. The summed E-state index contributed by atoms with van der Waals surface area (Å²) in [6, 6.07) is 27.3. The number of nitrogens with zero attached hydrogens (tertiary/aromatic N) is 1. The Balaban J connectivity index is 0.000000290. The van der Waals surface area contributed by atoms with Gasteiger partial charge in [-0.3, -0.25) is 4.79 Å². The molecule has 49 heavy (non-hydrogen) atoms. The Morgan fingerprint density at radius 3 is 2.18 bits per heavy atom. The van der Waals surface area contributed by atoms with E-state index in [-0.39, 0.29) is 63.4 Å². The van der Waals surface area contributed by atoms with Crippen LogP contribution in [0.2, 0.25) is 0 Å². The summed E-state index contributed by atoms with van der Waals surface area (Å²) in [5.41, 5.74) is 5.31. The van der Waals surface area contributed by atoms with E-state index in [0.29, 0.717) is 0 Å². The van der Waals surface area contributed by atoms with Crippen LogP contribution in [-0.2, 0) is 30.3 Å². The van der Waals surface area contributed by atoms with Crippen molar-refractivity contribution in [3.05, 3.63) is 102 Å². The number of aryl methyl sites for hydroxylation is 1. The predicted molar refractivity (Wildman–Crippen MR) is 203 cm³/mol. The van der Waals surface area contributed by atoms with Gasteiger partial charge in [0.1, 0.15) is 0 Å². The Labute approximate surface area is 311 Å². The number of carbonyl (C=O) groups is 1. The second kappa shape index (κ2) is 16.6. The van der Waals surface area contributed by atoms with E-state index in [1.807, 2.05) is 40.0 Å². The Bertz CT molecular complexity index is 2070. The number of benzene rings is 3. The standard InChI is InChI=1S/C30H24NOSe.C13H24O2.Ir/c1-18-22-10-7-8-12-26(22)33-29(18)25-17-20-13-14-31-27(28(20)32-25)21-15-19-9-5-6-11-23(19)24(16-21)30(2,3)4;1-5-10(6-2)12(14)9-13(15)11(7-3)8-4;/h5-14,16-17H,1-4H3;9-11,14H,5-8H2,1-4H3;/q-1;;/b;12-9-;. The van der Waals surface area contributed by atoms with Gasteiger partial charge in [0.2, 0.25) is 0 Å². The average Bonchev–Trinajstić information content (AvgIpc) is 3.66. The maximum atomic E-state index is 11.7. The maximum Gasteiger partial charge on any atom is 0 e. The van der Waals surface area contributed by atoms with E-state index < -0.39 is 0 Å². The summed E-state index contributed by atoms with van der Waals surface area (Å²) in [4.78, 5) is 16.5. The van der Waals surface area contributed by atoms with E-state index in [4.69, 9.17) is 9.40 Å². The molecule has 3 aromatic heterocycles. The van der Waals surface area contributed by atoms with E-state index >= 15 is 0 Å². The smallest absolute Gasteiger partial charge is 0 e. The third-order valence-corrected chi connectivity index (χ3v) is 12.1. The minimum atomic E-state index is 0. The molecule has 0 spiro atoms. The van der Waals surface area contributed by atoms with Gasteiger partial charge < -0.3 is 5.11 Å². The molecule has 0 saturated heterocycles. The van der Waals surface area contributed by atoms with Gasteiger partial charge in [0.05, 0.1) is 5.76 Å². The van der Waals surface area contributed by atoms with E-state index in [0.717, 1.165) is 59.1 Å². The normalized spacial score (nSPS) is 12.1. The molecule has 6 aromatic rings. The predicted octanol–water partition coefficient (Wildman–Crippen LogP) is 11.8. The molecular formula is C43H48IrNO3Se-. The fraction of sp³-hybridized carbons (Fsp3) is 0.349. The zero-order valence-electron chi connectivity index (χ0n) is 29.9. The summed E-state index contributed by atoms with van der Waals surface area (Å²) in [6.45, 7) is 17.1. The maximum absolute atomic E-state index is 11.7. The number of rotatable bonds is 9. The van der Waals surface area contributed by atoms with E-state index in [1.165, 1.54) is 36.7 Å². The van der Waals surface area contributed by atoms with Crippen LogP contribution in [0.15, 0.2) is 89.2 Å². The molecule has 6 heteroatoms. The molecule has 3 aromatic carbocycles. The van der Waals surface area contributed by atoms with Gasteiger partial charge in [-0.25, -0.2) is 0 Å². The molecule has 4 nitrogen and oxygen atoms in total. The van der Waals surface area contributed by atoms with Crippen LogP contribution in [0.4, 0.5) is 0 Å². The van der Waals surface area contributed by atoms with Gasteiger partial charge in [0.15, 0.2) is 5.78 Å². The number of aliphatic hydroxyl groups excluding tert-OH is 1. The van der Waals surface area contributed by atoms with Crippen LogP contribution in [0.5, 0.6) is 0 Å². The summed E-state index contributed by atoms with van der Waals surface area (Å²) in [7, 11) is 0. The van der Waals surface area contributed by atoms with Crippen molar-refractivity contribution in [3.63, 3.8) is 0 Å². The Morgan fingerprint density at radius 2 is 1.55 bits per heavy atom. The number of furan rings is 1. The van der Waals surface area contributed by atoms with Crippen molar-refractivity contribution in [1.29, 1.82) is 0 Å². The number of aromatic nitrogens is 1. The first-order valence-corrected chi connectivity index (χ1v) is 19.0. The minimum Gasteiger partial charge on any atom is 0 e. The van der Waals surface area contributed by atoms with Crippen molar-refractivity contribution in [1.82, 2.24) is 4.98 Å². The molecule has 0 bridgehead atoms. The van der Waals surface area contributed by atoms with Crippen LogP contribution >= 0.6 is 0 Å². The van der Waals surface area contributed by atoms with Gasteiger partial charge in [0, 0.05) is 38.0 Å². The first-order valence-electron chi connectivity index (χ1n) is 17.3. The number of ketones is 1. The van der Waals surface area contributed by atoms with E-state index in [9.17, 15) is 9.90 Å². The third-order valence-electron chi connectivity index (χ3n) is 9.42. The van der Waals surface area contributed by atoms with E-state index in [2.05, 4.69) is 94.4 Å². The molecule has 1 radical (unpaired) electrons. The van der Waals surface area contributed by atoms with Crippen LogP contribution in [0.25, 0.3) is 52.8 Å². The second-order valence-electron chi connectivity index (χ2n) is 13.6. The van der Waals surface area contributed by atoms with Crippen LogP contribution in [-0.4, -0.2) is 30.4 Å². The number of hydrogen-bond acceptors (Lipinski definition) is 4. The number of allylic oxidation sites excluding steroid dienone is 2. The van der Waals surface area contributed by atoms with Crippen molar-refractivity contribution in [2.45, 2.75) is 86.5 Å². The molecule has 0 amide bonds. The molecule has 0 aliphatic heterocycles. The number of aliphatic hydroxyl groups is 1. The van der Waals surface area contributed by atoms with Gasteiger partial charge >= 0.3 is 200 Å². The van der Waals surface area contributed by atoms with Crippen molar-refractivity contribution < 1.29 is 34.4 Å². The molecule has 0 aliphatic rings. The Morgan fingerprint density at radius 1 is 0.918 bits per heavy atom. The summed E-state index contributed by atoms with van der Waals surface area (Å²) < 4.78 is 9.30. The summed E-state index contributed by atoms with van der Waals surface area (Å²) in [6.07, 6.45) is 6.79. The van der Waals surface area contributed by atoms with Gasteiger partial charge in [-0.05, 0) is 25.7 Å². The molecule has 1 N–H and O–H groups in total. The number of hydrogen-bond donors (Lipinski definition) is 1. The molecule has 0 aliphatic carbocycles. The minimum absolute atomic E-state index is 0. The molecular weight excluding hydrogens is 850 g/mol. The number of pyridine rings is 1. The summed E-state index contributed by atoms with van der Waals surface area (Å²) in [5.74, 6) is 1.51.